The average molecular weight is 907 g/mol. The van der Waals surface area contributed by atoms with E-state index in [0.717, 1.165) is 96.5 Å². The van der Waals surface area contributed by atoms with Gasteiger partial charge < -0.3 is 15.5 Å². The Morgan fingerprint density at radius 1 is 0.806 bits per heavy atom. The molecule has 0 spiro atoms. The van der Waals surface area contributed by atoms with Crippen molar-refractivity contribution in [2.24, 2.45) is 5.41 Å². The summed E-state index contributed by atoms with van der Waals surface area (Å²) in [4.78, 5) is 18.7. The van der Waals surface area contributed by atoms with Crippen LogP contribution >= 0.6 is 46.6 Å². The molecule has 0 amide bonds. The number of carbonyl (C=O) groups is 1. The second-order valence-electron chi connectivity index (χ2n) is 17.0. The Kier molecular flexibility index (Phi) is 15.5. The number of piperazine rings is 1. The highest BCUT2D eigenvalue weighted by atomic mass is 35.5. The van der Waals surface area contributed by atoms with Crippen LogP contribution in [0.4, 0.5) is 0 Å². The molecular weight excluding hydrogens is 853 g/mol. The lowest BCUT2D eigenvalue weighted by Gasteiger charge is -2.35. The molecule has 8 rings (SSSR count). The second kappa shape index (κ2) is 21.0. The SMILES string of the molecule is CC(C)(O)c1ccccc1CC[C@@H](SCC1(CC(=O)O)CC1)c1cccc(C=Cc2ccc3ccc(Cl)cc3n2)c1.Clc1cc(Cl)cc(C(c2ccccc2)N2CCNCC2)c1. The van der Waals surface area contributed by atoms with Crippen LogP contribution in [-0.2, 0) is 16.8 Å². The molecule has 1 aliphatic heterocycles. The van der Waals surface area contributed by atoms with Crippen molar-refractivity contribution >= 4 is 75.6 Å². The third-order valence-electron chi connectivity index (χ3n) is 11.7. The van der Waals surface area contributed by atoms with Crippen LogP contribution in [0.5, 0.6) is 0 Å². The van der Waals surface area contributed by atoms with Gasteiger partial charge in [0.05, 0.1) is 29.3 Å². The fraction of sp³-hybridized carbons (Fsp3) is 0.308. The largest absolute Gasteiger partial charge is 0.481 e. The molecule has 6 nitrogen and oxygen atoms in total. The lowest BCUT2D eigenvalue weighted by Crippen LogP contribution is -2.45. The first-order chi connectivity index (χ1) is 29.8. The molecule has 1 saturated carbocycles. The highest BCUT2D eigenvalue weighted by Gasteiger charge is 2.44. The lowest BCUT2D eigenvalue weighted by atomic mass is 9.90. The van der Waals surface area contributed by atoms with Gasteiger partial charge in [-0.1, -0.05) is 132 Å². The summed E-state index contributed by atoms with van der Waals surface area (Å²) in [6.07, 6.45) is 8.02. The van der Waals surface area contributed by atoms with Gasteiger partial charge in [-0.3, -0.25) is 9.69 Å². The first-order valence-electron chi connectivity index (χ1n) is 21.3. The van der Waals surface area contributed by atoms with Crippen LogP contribution in [-0.4, -0.2) is 58.0 Å². The third kappa shape index (κ3) is 12.7. The molecule has 2 fully saturated rings. The number of hydrogen-bond donors (Lipinski definition) is 3. The molecular formula is C52H54Cl3N3O3S. The number of hydrogen-bond acceptors (Lipinski definition) is 6. The number of halogens is 3. The predicted octanol–water partition coefficient (Wildman–Crippen LogP) is 12.9. The van der Waals surface area contributed by atoms with Gasteiger partial charge in [0.15, 0.2) is 0 Å². The molecule has 6 aromatic rings. The van der Waals surface area contributed by atoms with E-state index in [9.17, 15) is 15.0 Å². The van der Waals surface area contributed by atoms with E-state index < -0.39 is 11.6 Å². The molecule has 5 aromatic carbocycles. The van der Waals surface area contributed by atoms with Crippen LogP contribution < -0.4 is 5.32 Å². The van der Waals surface area contributed by atoms with E-state index in [1.54, 1.807) is 6.07 Å². The highest BCUT2D eigenvalue weighted by molar-refractivity contribution is 7.99. The fourth-order valence-corrected chi connectivity index (χ4v) is 10.6. The van der Waals surface area contributed by atoms with Crippen LogP contribution in [0, 0.1) is 5.41 Å². The van der Waals surface area contributed by atoms with E-state index in [2.05, 4.69) is 77.0 Å². The number of thioether (sulfide) groups is 1. The molecule has 0 radical (unpaired) electrons. The summed E-state index contributed by atoms with van der Waals surface area (Å²) in [5.74, 6) is 0.122. The average Bonchev–Trinajstić information content (AvgIpc) is 4.02. The van der Waals surface area contributed by atoms with E-state index in [-0.39, 0.29) is 23.1 Å². The van der Waals surface area contributed by atoms with Crippen LogP contribution in [0.25, 0.3) is 23.1 Å². The Balaban J connectivity index is 0.000000230. The molecule has 0 bridgehead atoms. The Labute approximate surface area is 385 Å². The van der Waals surface area contributed by atoms with Gasteiger partial charge in [-0.15, -0.1) is 0 Å². The molecule has 1 aromatic heterocycles. The molecule has 2 atom stereocenters. The minimum absolute atomic E-state index is 0.0814. The first-order valence-corrected chi connectivity index (χ1v) is 23.5. The van der Waals surface area contributed by atoms with Crippen molar-refractivity contribution in [3.05, 3.63) is 182 Å². The zero-order chi connectivity index (χ0) is 43.7. The number of carboxylic acids is 1. The maximum absolute atomic E-state index is 11.5. The van der Waals surface area contributed by atoms with E-state index in [4.69, 9.17) is 39.8 Å². The molecule has 1 aliphatic carbocycles. The standard InChI is InChI=1S/C35H36ClNO3S.C17H18Cl2N2/c1-34(2,40)30-9-4-3-7-25(30)13-17-32(41-23-35(18-19-35)22-33(38)39)27-8-5-6-24(20-27)10-15-29-16-12-26-11-14-28(36)21-31(26)37-29;18-15-10-14(11-16(19)12-15)17(13-4-2-1-3-5-13)21-8-6-20-7-9-21/h3-12,14-16,20-21,32,40H,13,17-19,22-23H2,1-2H3,(H,38,39);1-5,10-12,17,20H,6-9H2/t32-;/m1./s1. The Bertz CT molecular complexity index is 2460. The van der Waals surface area contributed by atoms with E-state index in [1.165, 1.54) is 11.1 Å². The van der Waals surface area contributed by atoms with Gasteiger partial charge in [-0.2, -0.15) is 11.8 Å². The monoisotopic (exact) mass is 905 g/mol. The predicted molar refractivity (Wildman–Crippen MR) is 260 cm³/mol. The summed E-state index contributed by atoms with van der Waals surface area (Å²) in [6.45, 7) is 7.72. The number of benzene rings is 5. The summed E-state index contributed by atoms with van der Waals surface area (Å²) in [6, 6.07) is 43.0. The number of carboxylic acid groups (broad SMARTS) is 1. The van der Waals surface area contributed by atoms with Gasteiger partial charge in [0.25, 0.3) is 0 Å². The van der Waals surface area contributed by atoms with Gasteiger partial charge >= 0.3 is 5.97 Å². The van der Waals surface area contributed by atoms with Gasteiger partial charge in [-0.05, 0) is 121 Å². The van der Waals surface area contributed by atoms with Gasteiger partial charge in [0.2, 0.25) is 0 Å². The number of fused-ring (bicyclic) bond motifs is 1. The van der Waals surface area contributed by atoms with Crippen molar-refractivity contribution in [1.82, 2.24) is 15.2 Å². The smallest absolute Gasteiger partial charge is 0.303 e. The number of rotatable bonds is 15. The van der Waals surface area contributed by atoms with Gasteiger partial charge in [0.1, 0.15) is 0 Å². The van der Waals surface area contributed by atoms with Crippen molar-refractivity contribution < 1.29 is 15.0 Å². The van der Waals surface area contributed by atoms with Crippen LogP contribution in [0.3, 0.4) is 0 Å². The van der Waals surface area contributed by atoms with Gasteiger partial charge in [0, 0.05) is 57.6 Å². The molecule has 2 heterocycles. The summed E-state index contributed by atoms with van der Waals surface area (Å²) >= 11 is 20.4. The topological polar surface area (TPSA) is 85.7 Å². The van der Waals surface area contributed by atoms with Crippen LogP contribution in [0.15, 0.2) is 127 Å². The summed E-state index contributed by atoms with van der Waals surface area (Å²) in [5, 5.41) is 26.9. The highest BCUT2D eigenvalue weighted by Crippen LogP contribution is 2.53. The van der Waals surface area contributed by atoms with Crippen molar-refractivity contribution in [2.45, 2.75) is 62.8 Å². The lowest BCUT2D eigenvalue weighted by molar-refractivity contribution is -0.138. The van der Waals surface area contributed by atoms with E-state index in [1.807, 2.05) is 92.3 Å². The number of nitrogens with one attached hydrogen (secondary N) is 1. The number of nitrogens with zero attached hydrogens (tertiary/aromatic N) is 2. The number of pyridine rings is 1. The summed E-state index contributed by atoms with van der Waals surface area (Å²) in [5.41, 5.74) is 7.58. The quantitative estimate of drug-likeness (QED) is 0.0946. The Morgan fingerprint density at radius 3 is 2.21 bits per heavy atom. The van der Waals surface area contributed by atoms with Crippen molar-refractivity contribution in [1.29, 1.82) is 0 Å². The molecule has 322 valence electrons. The minimum Gasteiger partial charge on any atom is -0.481 e. The number of aliphatic hydroxyl groups is 1. The zero-order valence-corrected chi connectivity index (χ0v) is 38.3. The number of aliphatic carboxylic acids is 1. The summed E-state index contributed by atoms with van der Waals surface area (Å²) < 4.78 is 0. The van der Waals surface area contributed by atoms with Crippen molar-refractivity contribution in [3.63, 3.8) is 0 Å². The summed E-state index contributed by atoms with van der Waals surface area (Å²) in [7, 11) is 0. The Morgan fingerprint density at radius 2 is 1.50 bits per heavy atom. The van der Waals surface area contributed by atoms with Crippen LogP contribution in [0.1, 0.15) is 89.9 Å². The molecule has 62 heavy (non-hydrogen) atoms. The normalized spacial score (nSPS) is 16.1. The van der Waals surface area contributed by atoms with Crippen molar-refractivity contribution in [2.75, 3.05) is 31.9 Å². The third-order valence-corrected chi connectivity index (χ3v) is 14.0. The maximum atomic E-state index is 11.5. The maximum Gasteiger partial charge on any atom is 0.303 e. The first kappa shape index (κ1) is 45.8. The molecule has 10 heteroatoms. The van der Waals surface area contributed by atoms with E-state index in [0.29, 0.717) is 15.1 Å². The minimum atomic E-state index is -0.911. The van der Waals surface area contributed by atoms with E-state index >= 15 is 0 Å². The fourth-order valence-electron chi connectivity index (χ4n) is 8.28. The van der Waals surface area contributed by atoms with Crippen LogP contribution in [0.2, 0.25) is 15.1 Å². The molecule has 1 saturated heterocycles. The zero-order valence-electron chi connectivity index (χ0n) is 35.2. The van der Waals surface area contributed by atoms with Crippen molar-refractivity contribution in [3.8, 4) is 0 Å². The number of aryl methyl sites for hydroxylation is 1. The Hall–Kier alpha value is -4.18. The number of aromatic nitrogens is 1. The molecule has 1 unspecified atom stereocenters. The second-order valence-corrected chi connectivity index (χ2v) is 19.5. The molecule has 2 aliphatic rings. The molecule has 3 N–H and O–H groups in total. The van der Waals surface area contributed by atoms with Gasteiger partial charge in [-0.25, -0.2) is 4.98 Å².